The van der Waals surface area contributed by atoms with Crippen molar-refractivity contribution in [3.63, 3.8) is 0 Å². The fraction of sp³-hybridized carbons (Fsp3) is 0.571. The van der Waals surface area contributed by atoms with Crippen LogP contribution < -0.4 is 5.32 Å². The van der Waals surface area contributed by atoms with Gasteiger partial charge in [0.2, 0.25) is 0 Å². The molecule has 0 bridgehead atoms. The van der Waals surface area contributed by atoms with Gasteiger partial charge in [-0.2, -0.15) is 10.2 Å². The molecule has 0 radical (unpaired) electrons. The fourth-order valence-electron chi connectivity index (χ4n) is 2.72. The molecule has 2 heterocycles. The van der Waals surface area contributed by atoms with E-state index < -0.39 is 0 Å². The number of aromatic nitrogens is 5. The van der Waals surface area contributed by atoms with Crippen molar-refractivity contribution < 1.29 is 4.79 Å². The van der Waals surface area contributed by atoms with Gasteiger partial charge in [0, 0.05) is 17.8 Å². The van der Waals surface area contributed by atoms with Crippen molar-refractivity contribution in [2.45, 2.75) is 39.2 Å². The lowest BCUT2D eigenvalue weighted by molar-refractivity contribution is 0.0941. The van der Waals surface area contributed by atoms with Crippen LogP contribution in [0.3, 0.4) is 0 Å². The molecule has 112 valence electrons. The Balaban J connectivity index is 1.65. The molecule has 2 aromatic rings. The second-order valence-electron chi connectivity index (χ2n) is 5.81. The minimum atomic E-state index is -0.117. The first-order valence-corrected chi connectivity index (χ1v) is 7.33. The Hall–Kier alpha value is -2.18. The molecular formula is C14H20N6O. The molecular weight excluding hydrogens is 268 g/mol. The number of carbonyl (C=O) groups is 1. The highest BCUT2D eigenvalue weighted by atomic mass is 16.1. The second-order valence-corrected chi connectivity index (χ2v) is 5.81. The molecule has 2 N–H and O–H groups in total. The van der Waals surface area contributed by atoms with Crippen LogP contribution in [0.5, 0.6) is 0 Å². The van der Waals surface area contributed by atoms with E-state index in [-0.39, 0.29) is 11.9 Å². The summed E-state index contributed by atoms with van der Waals surface area (Å²) in [5.74, 6) is 0.490. The van der Waals surface area contributed by atoms with Crippen LogP contribution >= 0.6 is 0 Å². The van der Waals surface area contributed by atoms with Gasteiger partial charge in [-0.25, -0.2) is 9.67 Å². The summed E-state index contributed by atoms with van der Waals surface area (Å²) in [5, 5.41) is 14.2. The molecule has 0 unspecified atom stereocenters. The molecule has 0 aliphatic heterocycles. The van der Waals surface area contributed by atoms with Crippen LogP contribution in [0, 0.1) is 5.92 Å². The summed E-state index contributed by atoms with van der Waals surface area (Å²) in [7, 11) is 0. The van der Waals surface area contributed by atoms with E-state index >= 15 is 0 Å². The Morgan fingerprint density at radius 3 is 3.24 bits per heavy atom. The normalized spacial score (nSPS) is 19.0. The van der Waals surface area contributed by atoms with Gasteiger partial charge in [-0.1, -0.05) is 6.92 Å². The van der Waals surface area contributed by atoms with E-state index in [4.69, 9.17) is 0 Å². The molecule has 3 rings (SSSR count). The second kappa shape index (κ2) is 5.67. The first kappa shape index (κ1) is 13.8. The van der Waals surface area contributed by atoms with Crippen molar-refractivity contribution in [1.29, 1.82) is 0 Å². The van der Waals surface area contributed by atoms with E-state index in [0.717, 1.165) is 30.5 Å². The van der Waals surface area contributed by atoms with Crippen LogP contribution in [0.2, 0.25) is 0 Å². The lowest BCUT2D eigenvalue weighted by Gasteiger charge is -2.18. The van der Waals surface area contributed by atoms with Crippen molar-refractivity contribution in [3.05, 3.63) is 29.6 Å². The van der Waals surface area contributed by atoms with Crippen molar-refractivity contribution in [2.75, 3.05) is 6.54 Å². The third kappa shape index (κ3) is 2.81. The lowest BCUT2D eigenvalue weighted by Crippen LogP contribution is -2.31. The zero-order chi connectivity index (χ0) is 14.8. The molecule has 1 aliphatic rings. The largest absolute Gasteiger partial charge is 0.348 e. The van der Waals surface area contributed by atoms with Gasteiger partial charge in [0.15, 0.2) is 5.69 Å². The topological polar surface area (TPSA) is 88.5 Å². The molecule has 1 aliphatic carbocycles. The van der Waals surface area contributed by atoms with E-state index in [1.807, 2.05) is 6.92 Å². The van der Waals surface area contributed by atoms with E-state index in [9.17, 15) is 4.79 Å². The highest BCUT2D eigenvalue weighted by Gasteiger charge is 2.24. The third-order valence-corrected chi connectivity index (χ3v) is 4.05. The molecule has 2 aromatic heterocycles. The lowest BCUT2D eigenvalue weighted by atomic mass is 9.87. The SMILES string of the molecule is C[C@H]1CCc2[nH]nc(C(=O)NC[C@H](C)n3cncn3)c2C1. The Morgan fingerprint density at radius 2 is 2.48 bits per heavy atom. The fourth-order valence-corrected chi connectivity index (χ4v) is 2.72. The molecule has 0 fully saturated rings. The average Bonchev–Trinajstić information content (AvgIpc) is 3.13. The van der Waals surface area contributed by atoms with Crippen LogP contribution in [0.4, 0.5) is 0 Å². The van der Waals surface area contributed by atoms with Crippen LogP contribution in [0.15, 0.2) is 12.7 Å². The van der Waals surface area contributed by atoms with Gasteiger partial charge in [-0.05, 0) is 32.1 Å². The summed E-state index contributed by atoms with van der Waals surface area (Å²) in [6.07, 6.45) is 6.19. The van der Waals surface area contributed by atoms with Gasteiger partial charge in [0.25, 0.3) is 5.91 Å². The summed E-state index contributed by atoms with van der Waals surface area (Å²) >= 11 is 0. The minimum Gasteiger partial charge on any atom is -0.348 e. The third-order valence-electron chi connectivity index (χ3n) is 4.05. The summed E-state index contributed by atoms with van der Waals surface area (Å²) in [4.78, 5) is 16.2. The number of rotatable bonds is 4. The van der Waals surface area contributed by atoms with E-state index in [2.05, 4.69) is 32.5 Å². The predicted octanol–water partition coefficient (Wildman–Crippen LogP) is 1.12. The zero-order valence-corrected chi connectivity index (χ0v) is 12.3. The number of hydrogen-bond donors (Lipinski definition) is 2. The molecule has 21 heavy (non-hydrogen) atoms. The minimum absolute atomic E-state index is 0.0603. The van der Waals surface area contributed by atoms with Gasteiger partial charge in [-0.3, -0.25) is 9.89 Å². The maximum absolute atomic E-state index is 12.3. The number of aryl methyl sites for hydroxylation is 1. The Kier molecular flexibility index (Phi) is 3.72. The van der Waals surface area contributed by atoms with Gasteiger partial charge in [0.1, 0.15) is 12.7 Å². The molecule has 0 spiro atoms. The number of H-pyrrole nitrogens is 1. The standard InChI is InChI=1S/C14H20N6O/c1-9-3-4-12-11(5-9)13(19-18-12)14(21)16-6-10(2)20-8-15-7-17-20/h7-10H,3-6H2,1-2H3,(H,16,21)(H,18,19)/t9-,10-/m0/s1. The molecule has 7 nitrogen and oxygen atoms in total. The van der Waals surface area contributed by atoms with E-state index in [1.54, 1.807) is 11.0 Å². The van der Waals surface area contributed by atoms with Crippen molar-refractivity contribution in [2.24, 2.45) is 5.92 Å². The Labute approximate surface area is 123 Å². The number of fused-ring (bicyclic) bond motifs is 1. The Morgan fingerprint density at radius 1 is 1.62 bits per heavy atom. The van der Waals surface area contributed by atoms with E-state index in [0.29, 0.717) is 18.2 Å². The quantitative estimate of drug-likeness (QED) is 0.882. The summed E-state index contributed by atoms with van der Waals surface area (Å²) in [6.45, 7) is 4.70. The number of nitrogens with one attached hydrogen (secondary N) is 2. The predicted molar refractivity (Wildman–Crippen MR) is 76.8 cm³/mol. The van der Waals surface area contributed by atoms with Gasteiger partial charge in [-0.15, -0.1) is 0 Å². The van der Waals surface area contributed by atoms with Gasteiger partial charge >= 0.3 is 0 Å². The summed E-state index contributed by atoms with van der Waals surface area (Å²) < 4.78 is 1.72. The molecule has 7 heteroatoms. The maximum Gasteiger partial charge on any atom is 0.272 e. The molecule has 0 saturated carbocycles. The Bertz CT molecular complexity index is 617. The number of aromatic amines is 1. The van der Waals surface area contributed by atoms with Crippen LogP contribution in [-0.4, -0.2) is 37.4 Å². The number of amides is 1. The summed E-state index contributed by atoms with van der Waals surface area (Å²) in [5.41, 5.74) is 2.74. The zero-order valence-electron chi connectivity index (χ0n) is 12.3. The van der Waals surface area contributed by atoms with Crippen LogP contribution in [0.1, 0.15) is 48.1 Å². The molecule has 1 amide bonds. The van der Waals surface area contributed by atoms with Crippen molar-refractivity contribution in [3.8, 4) is 0 Å². The van der Waals surface area contributed by atoms with Crippen molar-refractivity contribution in [1.82, 2.24) is 30.3 Å². The van der Waals surface area contributed by atoms with E-state index in [1.165, 1.54) is 6.33 Å². The van der Waals surface area contributed by atoms with Crippen LogP contribution in [0.25, 0.3) is 0 Å². The summed E-state index contributed by atoms with van der Waals surface area (Å²) in [6, 6.07) is 0.0603. The number of nitrogens with zero attached hydrogens (tertiary/aromatic N) is 4. The highest BCUT2D eigenvalue weighted by Crippen LogP contribution is 2.26. The van der Waals surface area contributed by atoms with Gasteiger partial charge < -0.3 is 5.32 Å². The van der Waals surface area contributed by atoms with Crippen LogP contribution in [-0.2, 0) is 12.8 Å². The molecule has 0 aromatic carbocycles. The number of hydrogen-bond acceptors (Lipinski definition) is 4. The molecule has 0 saturated heterocycles. The monoisotopic (exact) mass is 288 g/mol. The smallest absolute Gasteiger partial charge is 0.272 e. The molecule has 2 atom stereocenters. The number of carbonyl (C=O) groups excluding carboxylic acids is 1. The first-order chi connectivity index (χ1) is 10.1. The average molecular weight is 288 g/mol. The van der Waals surface area contributed by atoms with Gasteiger partial charge in [0.05, 0.1) is 6.04 Å². The maximum atomic E-state index is 12.3. The first-order valence-electron chi connectivity index (χ1n) is 7.33. The highest BCUT2D eigenvalue weighted by molar-refractivity contribution is 5.94. The van der Waals surface area contributed by atoms with Crippen molar-refractivity contribution >= 4 is 5.91 Å².